The summed E-state index contributed by atoms with van der Waals surface area (Å²) in [5, 5.41) is 0. The predicted octanol–water partition coefficient (Wildman–Crippen LogP) is 3.47. The number of hydrogen-bond donors (Lipinski definition) is 1. The molecule has 1 heterocycles. The maximum Gasteiger partial charge on any atom is 0.120 e. The molecule has 3 nitrogen and oxygen atoms in total. The van der Waals surface area contributed by atoms with Crippen LogP contribution in [0, 0.1) is 0 Å². The van der Waals surface area contributed by atoms with Gasteiger partial charge in [-0.05, 0) is 36.2 Å². The van der Waals surface area contributed by atoms with Crippen molar-refractivity contribution in [3.05, 3.63) is 52.5 Å². The lowest BCUT2D eigenvalue weighted by Gasteiger charge is -2.21. The molecule has 2 N–H and O–H groups in total. The summed E-state index contributed by atoms with van der Waals surface area (Å²) in [6.45, 7) is 2.53. The van der Waals surface area contributed by atoms with Crippen LogP contribution in [0.15, 0.2) is 46.9 Å². The lowest BCUT2D eigenvalue weighted by molar-refractivity contribution is 0.324. The minimum absolute atomic E-state index is 0.657. The number of halogens is 1. The van der Waals surface area contributed by atoms with Crippen LogP contribution in [0.3, 0.4) is 0 Å². The number of para-hydroxylation sites is 1. The van der Waals surface area contributed by atoms with Crippen LogP contribution in [0.1, 0.15) is 5.56 Å². The Morgan fingerprint density at radius 1 is 1.20 bits per heavy atom. The van der Waals surface area contributed by atoms with Crippen LogP contribution < -0.4 is 15.4 Å². The third kappa shape index (κ3) is 2.75. The van der Waals surface area contributed by atoms with Crippen LogP contribution in [0.25, 0.3) is 0 Å². The highest BCUT2D eigenvalue weighted by atomic mass is 79.9. The number of benzene rings is 2. The first-order valence-corrected chi connectivity index (χ1v) is 7.54. The number of nitrogens with two attached hydrogens (primary N) is 1. The first-order valence-electron chi connectivity index (χ1n) is 6.75. The van der Waals surface area contributed by atoms with Crippen molar-refractivity contribution in [2.24, 2.45) is 0 Å². The molecule has 2 aromatic carbocycles. The average molecular weight is 333 g/mol. The van der Waals surface area contributed by atoms with Gasteiger partial charge in [0.1, 0.15) is 12.4 Å². The summed E-state index contributed by atoms with van der Waals surface area (Å²) in [5.74, 6) is 0.889. The molecule has 1 aliphatic rings. The van der Waals surface area contributed by atoms with Gasteiger partial charge in [-0.2, -0.15) is 0 Å². The molecule has 0 spiro atoms. The largest absolute Gasteiger partial charge is 0.492 e. The summed E-state index contributed by atoms with van der Waals surface area (Å²) in [4.78, 5) is 2.31. The van der Waals surface area contributed by atoms with Crippen molar-refractivity contribution in [3.63, 3.8) is 0 Å². The second kappa shape index (κ2) is 5.75. The van der Waals surface area contributed by atoms with Gasteiger partial charge in [0.2, 0.25) is 0 Å². The highest BCUT2D eigenvalue weighted by Gasteiger charge is 2.20. The SMILES string of the molecule is Nc1cccc2c1N(CCOc1cccc(Br)c1)CC2. The molecule has 0 aromatic heterocycles. The van der Waals surface area contributed by atoms with Gasteiger partial charge in [-0.3, -0.25) is 0 Å². The molecule has 0 radical (unpaired) electrons. The van der Waals surface area contributed by atoms with Crippen molar-refractivity contribution in [1.82, 2.24) is 0 Å². The van der Waals surface area contributed by atoms with Gasteiger partial charge in [0, 0.05) is 11.0 Å². The first kappa shape index (κ1) is 13.3. The molecule has 0 saturated carbocycles. The van der Waals surface area contributed by atoms with Crippen molar-refractivity contribution >= 4 is 27.3 Å². The molecule has 1 aliphatic heterocycles. The van der Waals surface area contributed by atoms with E-state index in [9.17, 15) is 0 Å². The minimum atomic E-state index is 0.657. The van der Waals surface area contributed by atoms with E-state index in [-0.39, 0.29) is 0 Å². The molecule has 0 bridgehead atoms. The Bertz CT molecular complexity index is 615. The smallest absolute Gasteiger partial charge is 0.120 e. The Morgan fingerprint density at radius 3 is 2.90 bits per heavy atom. The second-order valence-electron chi connectivity index (χ2n) is 4.90. The molecular formula is C16H17BrN2O. The maximum absolute atomic E-state index is 6.08. The lowest BCUT2D eigenvalue weighted by atomic mass is 10.1. The molecular weight excluding hydrogens is 316 g/mol. The highest BCUT2D eigenvalue weighted by Crippen LogP contribution is 2.33. The second-order valence-corrected chi connectivity index (χ2v) is 5.81. The minimum Gasteiger partial charge on any atom is -0.492 e. The zero-order valence-electron chi connectivity index (χ0n) is 11.2. The fraction of sp³-hybridized carbons (Fsp3) is 0.250. The van der Waals surface area contributed by atoms with Crippen LogP contribution >= 0.6 is 15.9 Å². The molecule has 20 heavy (non-hydrogen) atoms. The molecule has 0 atom stereocenters. The topological polar surface area (TPSA) is 38.5 Å². The molecule has 2 aromatic rings. The number of rotatable bonds is 4. The van der Waals surface area contributed by atoms with Crippen LogP contribution in [0.4, 0.5) is 11.4 Å². The zero-order chi connectivity index (χ0) is 13.9. The van der Waals surface area contributed by atoms with E-state index < -0.39 is 0 Å². The Hall–Kier alpha value is -1.68. The van der Waals surface area contributed by atoms with E-state index in [0.29, 0.717) is 6.61 Å². The molecule has 4 heteroatoms. The number of fused-ring (bicyclic) bond motifs is 1. The van der Waals surface area contributed by atoms with Crippen LogP contribution in [0.2, 0.25) is 0 Å². The molecule has 0 amide bonds. The first-order chi connectivity index (χ1) is 9.74. The van der Waals surface area contributed by atoms with E-state index in [1.165, 1.54) is 11.3 Å². The molecule has 0 aliphatic carbocycles. The van der Waals surface area contributed by atoms with Gasteiger partial charge in [0.05, 0.1) is 17.9 Å². The van der Waals surface area contributed by atoms with E-state index in [0.717, 1.165) is 35.4 Å². The lowest BCUT2D eigenvalue weighted by Crippen LogP contribution is -2.26. The van der Waals surface area contributed by atoms with Gasteiger partial charge in [-0.15, -0.1) is 0 Å². The standard InChI is InChI=1S/C16H17BrN2O/c17-13-4-2-5-14(11-13)20-10-9-19-8-7-12-3-1-6-15(18)16(12)19/h1-6,11H,7-10,18H2. The Labute approximate surface area is 127 Å². The van der Waals surface area contributed by atoms with Gasteiger partial charge in [0.15, 0.2) is 0 Å². The van der Waals surface area contributed by atoms with Crippen molar-refractivity contribution in [3.8, 4) is 5.75 Å². The average Bonchev–Trinajstić information content (AvgIpc) is 2.84. The summed E-state index contributed by atoms with van der Waals surface area (Å²) >= 11 is 3.44. The van der Waals surface area contributed by atoms with E-state index in [1.807, 2.05) is 36.4 Å². The third-order valence-electron chi connectivity index (χ3n) is 3.54. The number of nitrogen functional groups attached to an aromatic ring is 1. The summed E-state index contributed by atoms with van der Waals surface area (Å²) in [6, 6.07) is 14.1. The van der Waals surface area contributed by atoms with E-state index in [2.05, 4.69) is 26.9 Å². The zero-order valence-corrected chi connectivity index (χ0v) is 12.8. The Balaban J connectivity index is 1.61. The van der Waals surface area contributed by atoms with Crippen molar-refractivity contribution < 1.29 is 4.74 Å². The van der Waals surface area contributed by atoms with E-state index in [1.54, 1.807) is 0 Å². The third-order valence-corrected chi connectivity index (χ3v) is 4.04. The normalized spacial score (nSPS) is 13.3. The van der Waals surface area contributed by atoms with Crippen molar-refractivity contribution in [2.45, 2.75) is 6.42 Å². The Kier molecular flexibility index (Phi) is 3.83. The quantitative estimate of drug-likeness (QED) is 0.871. The fourth-order valence-electron chi connectivity index (χ4n) is 2.62. The van der Waals surface area contributed by atoms with Gasteiger partial charge < -0.3 is 15.4 Å². The predicted molar refractivity (Wildman–Crippen MR) is 86.4 cm³/mol. The number of ether oxygens (including phenoxy) is 1. The van der Waals surface area contributed by atoms with Gasteiger partial charge in [0.25, 0.3) is 0 Å². The number of anilines is 2. The van der Waals surface area contributed by atoms with Gasteiger partial charge in [-0.25, -0.2) is 0 Å². The maximum atomic E-state index is 6.08. The Morgan fingerprint density at radius 2 is 2.05 bits per heavy atom. The molecule has 104 valence electrons. The van der Waals surface area contributed by atoms with Crippen LogP contribution in [-0.4, -0.2) is 19.7 Å². The molecule has 0 fully saturated rings. The van der Waals surface area contributed by atoms with E-state index >= 15 is 0 Å². The van der Waals surface area contributed by atoms with Crippen molar-refractivity contribution in [2.75, 3.05) is 30.3 Å². The monoisotopic (exact) mass is 332 g/mol. The summed E-state index contributed by atoms with van der Waals surface area (Å²) in [7, 11) is 0. The highest BCUT2D eigenvalue weighted by molar-refractivity contribution is 9.10. The summed E-state index contributed by atoms with van der Waals surface area (Å²) in [6.07, 6.45) is 1.07. The van der Waals surface area contributed by atoms with Crippen LogP contribution in [0.5, 0.6) is 5.75 Å². The summed E-state index contributed by atoms with van der Waals surface area (Å²) < 4.78 is 6.82. The number of nitrogens with zero attached hydrogens (tertiary/aromatic N) is 1. The number of hydrogen-bond acceptors (Lipinski definition) is 3. The van der Waals surface area contributed by atoms with E-state index in [4.69, 9.17) is 10.5 Å². The molecule has 0 saturated heterocycles. The van der Waals surface area contributed by atoms with Gasteiger partial charge >= 0.3 is 0 Å². The summed E-state index contributed by atoms with van der Waals surface area (Å²) in [5.41, 5.74) is 9.47. The fourth-order valence-corrected chi connectivity index (χ4v) is 3.00. The molecule has 0 unspecified atom stereocenters. The van der Waals surface area contributed by atoms with Crippen molar-refractivity contribution in [1.29, 1.82) is 0 Å². The van der Waals surface area contributed by atoms with Crippen LogP contribution in [-0.2, 0) is 6.42 Å². The molecule has 3 rings (SSSR count). The van der Waals surface area contributed by atoms with Gasteiger partial charge in [-0.1, -0.05) is 34.1 Å².